The fourth-order valence-corrected chi connectivity index (χ4v) is 3.41. The number of carbonyl (C=O) groups excluding carboxylic acids is 1. The van der Waals surface area contributed by atoms with Crippen LogP contribution in [-0.2, 0) is 0 Å². The number of amides is 1. The predicted molar refractivity (Wildman–Crippen MR) is 87.3 cm³/mol. The molecular weight excluding hydrogens is 290 g/mol. The molecule has 1 unspecified atom stereocenters. The summed E-state index contributed by atoms with van der Waals surface area (Å²) in [6.45, 7) is 3.42. The zero-order valence-electron chi connectivity index (χ0n) is 13.0. The summed E-state index contributed by atoms with van der Waals surface area (Å²) in [5.41, 5.74) is 3.46. The van der Waals surface area contributed by atoms with Crippen molar-refractivity contribution in [2.45, 2.75) is 25.7 Å². The third-order valence-corrected chi connectivity index (χ3v) is 4.53. The lowest BCUT2D eigenvalue weighted by molar-refractivity contribution is 0.0707. The number of aromatic amines is 2. The number of benzene rings is 1. The lowest BCUT2D eigenvalue weighted by Gasteiger charge is -2.32. The number of piperidine rings is 1. The summed E-state index contributed by atoms with van der Waals surface area (Å²) in [5, 5.41) is 7.06. The van der Waals surface area contributed by atoms with Crippen molar-refractivity contribution in [3.8, 4) is 0 Å². The van der Waals surface area contributed by atoms with Crippen LogP contribution in [0.2, 0.25) is 0 Å². The normalized spacial score (nSPS) is 18.5. The Hall–Kier alpha value is -2.63. The average Bonchev–Trinajstić information content (AvgIpc) is 3.22. The molecule has 0 saturated carbocycles. The molecule has 4 rings (SSSR count). The highest BCUT2D eigenvalue weighted by Gasteiger charge is 2.27. The number of rotatable bonds is 2. The van der Waals surface area contributed by atoms with E-state index in [1.807, 2.05) is 36.1 Å². The van der Waals surface area contributed by atoms with Crippen LogP contribution in [0.4, 0.5) is 0 Å². The molecule has 2 N–H and O–H groups in total. The van der Waals surface area contributed by atoms with Gasteiger partial charge in [0, 0.05) is 30.9 Å². The van der Waals surface area contributed by atoms with Crippen molar-refractivity contribution in [1.29, 1.82) is 0 Å². The van der Waals surface area contributed by atoms with Gasteiger partial charge in [0.05, 0.1) is 11.1 Å². The van der Waals surface area contributed by atoms with Crippen LogP contribution < -0.4 is 0 Å². The van der Waals surface area contributed by atoms with Gasteiger partial charge in [0.25, 0.3) is 5.91 Å². The van der Waals surface area contributed by atoms with E-state index in [4.69, 9.17) is 0 Å². The molecule has 1 amide bonds. The van der Waals surface area contributed by atoms with Crippen LogP contribution in [0.25, 0.3) is 11.0 Å². The fraction of sp³-hybridized carbons (Fsp3) is 0.353. The largest absolute Gasteiger partial charge is 0.342 e. The first kappa shape index (κ1) is 14.0. The van der Waals surface area contributed by atoms with E-state index in [2.05, 4.69) is 20.2 Å². The number of nitrogens with one attached hydrogen (secondary N) is 2. The van der Waals surface area contributed by atoms with Gasteiger partial charge in [-0.05, 0) is 38.0 Å². The molecule has 1 aliphatic rings. The van der Waals surface area contributed by atoms with E-state index in [1.165, 1.54) is 0 Å². The van der Waals surface area contributed by atoms with Gasteiger partial charge in [-0.25, -0.2) is 4.98 Å². The maximum absolute atomic E-state index is 13.0. The highest BCUT2D eigenvalue weighted by Crippen LogP contribution is 2.27. The summed E-state index contributed by atoms with van der Waals surface area (Å²) in [6, 6.07) is 7.72. The number of nitrogens with zero attached hydrogens (tertiary/aromatic N) is 3. The van der Waals surface area contributed by atoms with E-state index < -0.39 is 0 Å². The molecule has 1 atom stereocenters. The van der Waals surface area contributed by atoms with Gasteiger partial charge in [-0.15, -0.1) is 0 Å². The number of para-hydroxylation sites is 1. The van der Waals surface area contributed by atoms with Gasteiger partial charge in [0.2, 0.25) is 0 Å². The average molecular weight is 309 g/mol. The third kappa shape index (κ3) is 2.50. The quantitative estimate of drug-likeness (QED) is 0.764. The first-order valence-corrected chi connectivity index (χ1v) is 7.96. The van der Waals surface area contributed by atoms with Gasteiger partial charge in [0.15, 0.2) is 0 Å². The van der Waals surface area contributed by atoms with E-state index in [0.717, 1.165) is 48.5 Å². The number of carbonyl (C=O) groups is 1. The standard InChI is InChI=1S/C17H19N5O/c1-11-19-15-6-2-5-13(16(15)20-11)17(23)22-9-3-4-12(10-22)14-7-8-18-21-14/h2,5-8,12H,3-4,9-10H2,1H3,(H,18,21)(H,19,20). The SMILES string of the molecule is Cc1nc2c(C(=O)N3CCCC(c4ccn[nH]4)C3)cccc2[nH]1. The minimum absolute atomic E-state index is 0.0614. The second-order valence-corrected chi connectivity index (χ2v) is 6.13. The minimum atomic E-state index is 0.0614. The number of H-pyrrole nitrogens is 2. The molecule has 3 heterocycles. The van der Waals surface area contributed by atoms with E-state index >= 15 is 0 Å². The van der Waals surface area contributed by atoms with Crippen LogP contribution in [-0.4, -0.2) is 44.1 Å². The molecule has 1 fully saturated rings. The predicted octanol–water partition coefficient (Wildman–Crippen LogP) is 2.61. The van der Waals surface area contributed by atoms with E-state index in [-0.39, 0.29) is 5.91 Å². The van der Waals surface area contributed by atoms with Crippen LogP contribution in [0.1, 0.15) is 40.6 Å². The lowest BCUT2D eigenvalue weighted by Crippen LogP contribution is -2.39. The Balaban J connectivity index is 1.62. The molecule has 2 aromatic heterocycles. The van der Waals surface area contributed by atoms with Crippen LogP contribution >= 0.6 is 0 Å². The lowest BCUT2D eigenvalue weighted by atomic mass is 9.94. The molecular formula is C17H19N5O. The molecule has 6 heteroatoms. The fourth-order valence-electron chi connectivity index (χ4n) is 3.41. The molecule has 0 spiro atoms. The van der Waals surface area contributed by atoms with Crippen molar-refractivity contribution in [3.63, 3.8) is 0 Å². The first-order valence-electron chi connectivity index (χ1n) is 7.96. The van der Waals surface area contributed by atoms with Crippen molar-refractivity contribution in [3.05, 3.63) is 47.5 Å². The molecule has 1 saturated heterocycles. The highest BCUT2D eigenvalue weighted by atomic mass is 16.2. The van der Waals surface area contributed by atoms with Gasteiger partial charge < -0.3 is 9.88 Å². The molecule has 1 aliphatic heterocycles. The third-order valence-electron chi connectivity index (χ3n) is 4.53. The molecule has 1 aromatic carbocycles. The van der Waals surface area contributed by atoms with Crippen molar-refractivity contribution in [2.24, 2.45) is 0 Å². The number of hydrogen-bond acceptors (Lipinski definition) is 3. The summed E-state index contributed by atoms with van der Waals surface area (Å²) in [7, 11) is 0. The monoisotopic (exact) mass is 309 g/mol. The molecule has 0 radical (unpaired) electrons. The Morgan fingerprint density at radius 2 is 2.26 bits per heavy atom. The number of aromatic nitrogens is 4. The van der Waals surface area contributed by atoms with Crippen LogP contribution in [0.3, 0.4) is 0 Å². The Bertz CT molecular complexity index is 836. The zero-order valence-corrected chi connectivity index (χ0v) is 13.0. The Morgan fingerprint density at radius 1 is 1.35 bits per heavy atom. The summed E-state index contributed by atoms with van der Waals surface area (Å²) in [5.74, 6) is 1.22. The second kappa shape index (κ2) is 5.53. The maximum atomic E-state index is 13.0. The Morgan fingerprint density at radius 3 is 3.09 bits per heavy atom. The molecule has 0 bridgehead atoms. The van der Waals surface area contributed by atoms with Gasteiger partial charge in [0.1, 0.15) is 11.3 Å². The number of aryl methyl sites for hydroxylation is 1. The molecule has 3 aromatic rings. The zero-order chi connectivity index (χ0) is 15.8. The van der Waals surface area contributed by atoms with Crippen molar-refractivity contribution in [2.75, 3.05) is 13.1 Å². The molecule has 23 heavy (non-hydrogen) atoms. The Labute approximate surface area is 133 Å². The summed E-state index contributed by atoms with van der Waals surface area (Å²) >= 11 is 0. The second-order valence-electron chi connectivity index (χ2n) is 6.13. The summed E-state index contributed by atoms with van der Waals surface area (Å²) < 4.78 is 0. The summed E-state index contributed by atoms with van der Waals surface area (Å²) in [6.07, 6.45) is 3.85. The van der Waals surface area contributed by atoms with E-state index in [0.29, 0.717) is 11.5 Å². The van der Waals surface area contributed by atoms with E-state index in [9.17, 15) is 4.79 Å². The van der Waals surface area contributed by atoms with Gasteiger partial charge in [-0.3, -0.25) is 9.89 Å². The maximum Gasteiger partial charge on any atom is 0.256 e. The van der Waals surface area contributed by atoms with Gasteiger partial charge >= 0.3 is 0 Å². The number of hydrogen-bond donors (Lipinski definition) is 2. The Kier molecular flexibility index (Phi) is 3.37. The number of imidazole rings is 1. The first-order chi connectivity index (χ1) is 11.2. The molecule has 6 nitrogen and oxygen atoms in total. The van der Waals surface area contributed by atoms with Gasteiger partial charge in [-0.2, -0.15) is 5.10 Å². The van der Waals surface area contributed by atoms with Crippen molar-refractivity contribution >= 4 is 16.9 Å². The topological polar surface area (TPSA) is 77.7 Å². The van der Waals surface area contributed by atoms with Crippen molar-refractivity contribution < 1.29 is 4.79 Å². The van der Waals surface area contributed by atoms with Gasteiger partial charge in [-0.1, -0.05) is 6.07 Å². The number of fused-ring (bicyclic) bond motifs is 1. The van der Waals surface area contributed by atoms with Crippen LogP contribution in [0, 0.1) is 6.92 Å². The summed E-state index contributed by atoms with van der Waals surface area (Å²) in [4.78, 5) is 22.6. The smallest absolute Gasteiger partial charge is 0.256 e. The van der Waals surface area contributed by atoms with Crippen molar-refractivity contribution in [1.82, 2.24) is 25.1 Å². The molecule has 118 valence electrons. The number of likely N-dealkylation sites (tertiary alicyclic amines) is 1. The van der Waals surface area contributed by atoms with Crippen LogP contribution in [0.15, 0.2) is 30.5 Å². The van der Waals surface area contributed by atoms with Crippen LogP contribution in [0.5, 0.6) is 0 Å². The van der Waals surface area contributed by atoms with E-state index in [1.54, 1.807) is 6.20 Å². The minimum Gasteiger partial charge on any atom is -0.342 e. The highest BCUT2D eigenvalue weighted by molar-refractivity contribution is 6.04. The molecule has 0 aliphatic carbocycles.